The number of methoxy groups -OCH3 is 2. The van der Waals surface area contributed by atoms with E-state index in [1.54, 1.807) is 25.6 Å². The molecular formula is C13H16N2O2S. The summed E-state index contributed by atoms with van der Waals surface area (Å²) in [5, 5.41) is 2.86. The number of nitrogens with two attached hydrogens (primary N) is 1. The van der Waals surface area contributed by atoms with Crippen LogP contribution in [0.1, 0.15) is 18.7 Å². The molecule has 0 saturated heterocycles. The van der Waals surface area contributed by atoms with E-state index in [4.69, 9.17) is 15.2 Å². The van der Waals surface area contributed by atoms with E-state index in [0.29, 0.717) is 11.5 Å². The summed E-state index contributed by atoms with van der Waals surface area (Å²) in [4.78, 5) is 4.52. The van der Waals surface area contributed by atoms with Crippen LogP contribution in [0.4, 0.5) is 0 Å². The zero-order chi connectivity index (χ0) is 13.1. The highest BCUT2D eigenvalue weighted by atomic mass is 32.1. The summed E-state index contributed by atoms with van der Waals surface area (Å²) in [5.74, 6) is 1.40. The lowest BCUT2D eigenvalue weighted by Gasteiger charge is -2.10. The SMILES string of the molecule is COc1cccc(-c2nc(C(C)N)cs2)c1OC. The van der Waals surface area contributed by atoms with Crippen molar-refractivity contribution in [1.82, 2.24) is 4.98 Å². The highest BCUT2D eigenvalue weighted by Crippen LogP contribution is 2.39. The summed E-state index contributed by atoms with van der Waals surface area (Å²) in [5.41, 5.74) is 7.63. The summed E-state index contributed by atoms with van der Waals surface area (Å²) in [7, 11) is 3.25. The molecule has 2 rings (SSSR count). The maximum atomic E-state index is 5.82. The Kier molecular flexibility index (Phi) is 3.84. The third-order valence-electron chi connectivity index (χ3n) is 2.62. The van der Waals surface area contributed by atoms with Crippen LogP contribution in [-0.4, -0.2) is 19.2 Å². The molecule has 1 unspecified atom stereocenters. The van der Waals surface area contributed by atoms with E-state index in [2.05, 4.69) is 4.98 Å². The molecule has 5 heteroatoms. The molecule has 0 bridgehead atoms. The van der Waals surface area contributed by atoms with Gasteiger partial charge in [0.1, 0.15) is 5.01 Å². The van der Waals surface area contributed by atoms with Crippen molar-refractivity contribution in [1.29, 1.82) is 0 Å². The van der Waals surface area contributed by atoms with E-state index >= 15 is 0 Å². The van der Waals surface area contributed by atoms with Gasteiger partial charge in [-0.05, 0) is 19.1 Å². The largest absolute Gasteiger partial charge is 0.493 e. The van der Waals surface area contributed by atoms with Crippen molar-refractivity contribution in [3.63, 3.8) is 0 Å². The van der Waals surface area contributed by atoms with Crippen molar-refractivity contribution in [2.24, 2.45) is 5.73 Å². The molecule has 0 radical (unpaired) electrons. The van der Waals surface area contributed by atoms with E-state index < -0.39 is 0 Å². The average Bonchev–Trinajstić information content (AvgIpc) is 2.87. The molecule has 0 amide bonds. The molecule has 0 aliphatic rings. The fourth-order valence-corrected chi connectivity index (χ4v) is 2.62. The van der Waals surface area contributed by atoms with E-state index in [1.165, 1.54) is 0 Å². The zero-order valence-electron chi connectivity index (χ0n) is 10.6. The molecule has 1 atom stereocenters. The zero-order valence-corrected chi connectivity index (χ0v) is 11.5. The molecule has 4 nitrogen and oxygen atoms in total. The summed E-state index contributed by atoms with van der Waals surface area (Å²) < 4.78 is 10.7. The normalized spacial score (nSPS) is 12.2. The molecule has 0 saturated carbocycles. The predicted octanol–water partition coefficient (Wildman–Crippen LogP) is 2.85. The van der Waals surface area contributed by atoms with Gasteiger partial charge in [-0.2, -0.15) is 0 Å². The van der Waals surface area contributed by atoms with Gasteiger partial charge in [-0.3, -0.25) is 0 Å². The van der Waals surface area contributed by atoms with Gasteiger partial charge in [-0.25, -0.2) is 4.98 Å². The molecule has 1 heterocycles. The maximum absolute atomic E-state index is 5.82. The first-order valence-electron chi connectivity index (χ1n) is 5.59. The van der Waals surface area contributed by atoms with E-state index in [1.807, 2.05) is 30.5 Å². The Hall–Kier alpha value is -1.59. The molecule has 0 fully saturated rings. The molecule has 18 heavy (non-hydrogen) atoms. The van der Waals surface area contributed by atoms with Gasteiger partial charge in [0.2, 0.25) is 0 Å². The minimum Gasteiger partial charge on any atom is -0.493 e. The molecule has 96 valence electrons. The van der Waals surface area contributed by atoms with E-state index in [9.17, 15) is 0 Å². The molecule has 0 aliphatic carbocycles. The topological polar surface area (TPSA) is 57.4 Å². The van der Waals surface area contributed by atoms with Gasteiger partial charge in [-0.1, -0.05) is 6.07 Å². The van der Waals surface area contributed by atoms with Crippen LogP contribution in [0, 0.1) is 0 Å². The van der Waals surface area contributed by atoms with Gasteiger partial charge in [0.25, 0.3) is 0 Å². The van der Waals surface area contributed by atoms with Crippen molar-refractivity contribution < 1.29 is 9.47 Å². The van der Waals surface area contributed by atoms with Gasteiger partial charge in [0.05, 0.1) is 25.5 Å². The number of benzene rings is 1. The number of aromatic nitrogens is 1. The van der Waals surface area contributed by atoms with Crippen LogP contribution < -0.4 is 15.2 Å². The number of hydrogen-bond donors (Lipinski definition) is 1. The monoisotopic (exact) mass is 264 g/mol. The van der Waals surface area contributed by atoms with Crippen LogP contribution in [0.2, 0.25) is 0 Å². The Bertz CT molecular complexity index is 538. The Balaban J connectivity index is 2.49. The second-order valence-electron chi connectivity index (χ2n) is 3.91. The lowest BCUT2D eigenvalue weighted by atomic mass is 10.2. The molecule has 0 spiro atoms. The lowest BCUT2D eigenvalue weighted by Crippen LogP contribution is -2.04. The number of ether oxygens (including phenoxy) is 2. The van der Waals surface area contributed by atoms with Gasteiger partial charge in [-0.15, -0.1) is 11.3 Å². The van der Waals surface area contributed by atoms with Gasteiger partial charge in [0.15, 0.2) is 11.5 Å². The second-order valence-corrected chi connectivity index (χ2v) is 4.77. The highest BCUT2D eigenvalue weighted by Gasteiger charge is 2.15. The quantitative estimate of drug-likeness (QED) is 0.922. The van der Waals surface area contributed by atoms with E-state index in [-0.39, 0.29) is 6.04 Å². The van der Waals surface area contributed by atoms with Crippen LogP contribution in [0.5, 0.6) is 11.5 Å². The van der Waals surface area contributed by atoms with Crippen LogP contribution >= 0.6 is 11.3 Å². The lowest BCUT2D eigenvalue weighted by molar-refractivity contribution is 0.356. The van der Waals surface area contributed by atoms with Crippen LogP contribution in [0.25, 0.3) is 10.6 Å². The van der Waals surface area contributed by atoms with E-state index in [0.717, 1.165) is 16.3 Å². The molecule has 2 aromatic rings. The summed E-state index contributed by atoms with van der Waals surface area (Å²) >= 11 is 1.55. The third kappa shape index (κ3) is 2.32. The van der Waals surface area contributed by atoms with Crippen LogP contribution in [-0.2, 0) is 0 Å². The number of thiazole rings is 1. The number of para-hydroxylation sites is 1. The van der Waals surface area contributed by atoms with Crippen LogP contribution in [0.15, 0.2) is 23.6 Å². The Morgan fingerprint density at radius 1 is 1.28 bits per heavy atom. The number of nitrogens with zero attached hydrogens (tertiary/aromatic N) is 1. The average molecular weight is 264 g/mol. The van der Waals surface area contributed by atoms with Crippen LogP contribution in [0.3, 0.4) is 0 Å². The van der Waals surface area contributed by atoms with Gasteiger partial charge in [0, 0.05) is 11.4 Å². The summed E-state index contributed by atoms with van der Waals surface area (Å²) in [6, 6.07) is 5.68. The first-order chi connectivity index (χ1) is 8.67. The smallest absolute Gasteiger partial charge is 0.170 e. The minimum absolute atomic E-state index is 0.0633. The molecular weight excluding hydrogens is 248 g/mol. The minimum atomic E-state index is -0.0633. The Morgan fingerprint density at radius 2 is 2.06 bits per heavy atom. The summed E-state index contributed by atoms with van der Waals surface area (Å²) in [6.07, 6.45) is 0. The van der Waals surface area contributed by atoms with Gasteiger partial charge >= 0.3 is 0 Å². The van der Waals surface area contributed by atoms with Crippen molar-refractivity contribution in [3.8, 4) is 22.1 Å². The van der Waals surface area contributed by atoms with Gasteiger partial charge < -0.3 is 15.2 Å². The van der Waals surface area contributed by atoms with Crippen molar-refractivity contribution in [2.45, 2.75) is 13.0 Å². The number of rotatable bonds is 4. The van der Waals surface area contributed by atoms with Crippen molar-refractivity contribution in [2.75, 3.05) is 14.2 Å². The summed E-state index contributed by atoms with van der Waals surface area (Å²) in [6.45, 7) is 1.92. The molecule has 1 aromatic heterocycles. The first-order valence-corrected chi connectivity index (χ1v) is 6.47. The molecule has 1 aromatic carbocycles. The molecule has 2 N–H and O–H groups in total. The standard InChI is InChI=1S/C13H16N2O2S/c1-8(14)10-7-18-13(15-10)9-5-4-6-11(16-2)12(9)17-3/h4-8H,14H2,1-3H3. The third-order valence-corrected chi connectivity index (χ3v) is 3.52. The maximum Gasteiger partial charge on any atom is 0.170 e. The number of hydrogen-bond acceptors (Lipinski definition) is 5. The fourth-order valence-electron chi connectivity index (χ4n) is 1.67. The Labute approximate surface area is 110 Å². The highest BCUT2D eigenvalue weighted by molar-refractivity contribution is 7.13. The van der Waals surface area contributed by atoms with Crippen molar-refractivity contribution >= 4 is 11.3 Å². The Morgan fingerprint density at radius 3 is 2.61 bits per heavy atom. The first kappa shape index (κ1) is 12.9. The van der Waals surface area contributed by atoms with Crippen molar-refractivity contribution in [3.05, 3.63) is 29.3 Å². The second kappa shape index (κ2) is 5.37. The predicted molar refractivity (Wildman–Crippen MR) is 73.3 cm³/mol. The fraction of sp³-hybridized carbons (Fsp3) is 0.308. The molecule has 0 aliphatic heterocycles.